The molecule has 3 aromatic rings. The molecule has 0 aliphatic heterocycles. The Balaban J connectivity index is 0.000000524. The molecule has 0 N–H and O–H groups in total. The zero-order valence-corrected chi connectivity index (χ0v) is 24.3. The molecule has 3 rings (SSSR count). The summed E-state index contributed by atoms with van der Waals surface area (Å²) in [6, 6.07) is 11.4. The second-order valence-corrected chi connectivity index (χ2v) is 12.4. The van der Waals surface area contributed by atoms with Crippen LogP contribution in [0.15, 0.2) is 55.0 Å². The van der Waals surface area contributed by atoms with Gasteiger partial charge in [-0.15, -0.1) is 0 Å². The Morgan fingerprint density at radius 2 is 1.08 bits per heavy atom. The third kappa shape index (κ3) is 11.9. The number of halogens is 2. The van der Waals surface area contributed by atoms with Crippen LogP contribution in [0.3, 0.4) is 0 Å². The molecular formula is C32H49F2N3. The fourth-order valence-corrected chi connectivity index (χ4v) is 3.29. The second-order valence-electron chi connectivity index (χ2n) is 12.4. The van der Waals surface area contributed by atoms with Gasteiger partial charge in [-0.05, 0) is 65.0 Å². The van der Waals surface area contributed by atoms with E-state index in [1.54, 1.807) is 6.07 Å². The topological polar surface area (TPSA) is 38.7 Å². The molecule has 5 heteroatoms. The minimum absolute atomic E-state index is 0. The molecule has 0 spiro atoms. The number of alkyl halides is 2. The normalized spacial score (nSPS) is 11.8. The summed E-state index contributed by atoms with van der Waals surface area (Å²) in [5.41, 5.74) is 6.03. The van der Waals surface area contributed by atoms with Gasteiger partial charge >= 0.3 is 0 Å². The van der Waals surface area contributed by atoms with Crippen molar-refractivity contribution < 1.29 is 8.78 Å². The van der Waals surface area contributed by atoms with Gasteiger partial charge in [0.25, 0.3) is 5.92 Å². The van der Waals surface area contributed by atoms with E-state index in [1.807, 2.05) is 46.2 Å². The van der Waals surface area contributed by atoms with Crippen LogP contribution in [0.1, 0.15) is 110 Å². The lowest BCUT2D eigenvalue weighted by atomic mass is 9.86. The molecule has 3 heterocycles. The Morgan fingerprint density at radius 3 is 1.38 bits per heavy atom. The number of hydrogen-bond donors (Lipinski definition) is 0. The summed E-state index contributed by atoms with van der Waals surface area (Å²) in [5.74, 6) is -2.85. The summed E-state index contributed by atoms with van der Waals surface area (Å²) in [7, 11) is 0. The molecule has 3 nitrogen and oxygen atoms in total. The van der Waals surface area contributed by atoms with Crippen LogP contribution in [0, 0.1) is 13.8 Å². The minimum atomic E-state index is -2.85. The van der Waals surface area contributed by atoms with Crippen molar-refractivity contribution >= 4 is 0 Å². The van der Waals surface area contributed by atoms with Gasteiger partial charge < -0.3 is 0 Å². The van der Waals surface area contributed by atoms with E-state index in [2.05, 4.69) is 81.6 Å². The Morgan fingerprint density at radius 1 is 0.595 bits per heavy atom. The van der Waals surface area contributed by atoms with Gasteiger partial charge in [-0.2, -0.15) is 8.78 Å². The zero-order chi connectivity index (χ0) is 27.9. The first-order valence-corrected chi connectivity index (χ1v) is 12.4. The van der Waals surface area contributed by atoms with E-state index in [4.69, 9.17) is 0 Å². The molecule has 0 saturated carbocycles. The lowest BCUT2D eigenvalue weighted by molar-refractivity contribution is 0.0127. The molecule has 3 aromatic heterocycles. The fraction of sp³-hybridized carbons (Fsp3) is 0.531. The van der Waals surface area contributed by atoms with E-state index < -0.39 is 5.92 Å². The molecule has 0 aliphatic carbocycles. The highest BCUT2D eigenvalue weighted by atomic mass is 19.3. The molecular weight excluding hydrogens is 464 g/mol. The molecule has 206 valence electrons. The van der Waals surface area contributed by atoms with E-state index in [0.29, 0.717) is 0 Å². The second kappa shape index (κ2) is 13.2. The van der Waals surface area contributed by atoms with Gasteiger partial charge in [-0.25, -0.2) is 0 Å². The summed E-state index contributed by atoms with van der Waals surface area (Å²) < 4.78 is 25.6. The van der Waals surface area contributed by atoms with Crippen LogP contribution in [0.2, 0.25) is 0 Å². The maximum Gasteiger partial charge on any atom is 0.286 e. The monoisotopic (exact) mass is 513 g/mol. The molecule has 0 aromatic carbocycles. The van der Waals surface area contributed by atoms with Gasteiger partial charge in [0.2, 0.25) is 0 Å². The largest absolute Gasteiger partial charge is 0.286 e. The highest BCUT2D eigenvalue weighted by molar-refractivity contribution is 5.26. The van der Waals surface area contributed by atoms with Crippen molar-refractivity contribution in [1.29, 1.82) is 0 Å². The zero-order valence-electron chi connectivity index (χ0n) is 24.3. The molecule has 0 atom stereocenters. The Kier molecular flexibility index (Phi) is 12.2. The van der Waals surface area contributed by atoms with Gasteiger partial charge in [0.15, 0.2) is 0 Å². The summed E-state index contributed by atoms with van der Waals surface area (Å²) in [5, 5.41) is 0. The van der Waals surface area contributed by atoms with E-state index in [-0.39, 0.29) is 29.4 Å². The van der Waals surface area contributed by atoms with Gasteiger partial charge in [-0.1, -0.05) is 87.9 Å². The lowest BCUT2D eigenvalue weighted by Crippen LogP contribution is -2.14. The summed E-state index contributed by atoms with van der Waals surface area (Å²) >= 11 is 0. The quantitative estimate of drug-likeness (QED) is 0.325. The number of hydrogen-bond acceptors (Lipinski definition) is 3. The first kappa shape index (κ1) is 34.3. The highest BCUT2D eigenvalue weighted by Gasteiger charge is 2.26. The lowest BCUT2D eigenvalue weighted by Gasteiger charge is -2.20. The van der Waals surface area contributed by atoms with Gasteiger partial charge in [0.1, 0.15) is 5.69 Å². The Hall–Kier alpha value is -2.69. The van der Waals surface area contributed by atoms with Crippen LogP contribution in [0.4, 0.5) is 8.78 Å². The van der Waals surface area contributed by atoms with Crippen molar-refractivity contribution in [3.8, 4) is 0 Å². The van der Waals surface area contributed by atoms with Crippen molar-refractivity contribution in [2.45, 2.75) is 113 Å². The molecule has 0 radical (unpaired) electrons. The first-order chi connectivity index (χ1) is 16.2. The number of nitrogens with zero attached hydrogens (tertiary/aromatic N) is 3. The number of rotatable bonds is 1. The van der Waals surface area contributed by atoms with Crippen LogP contribution < -0.4 is 0 Å². The summed E-state index contributed by atoms with van der Waals surface area (Å²) in [6.45, 7) is 24.2. The summed E-state index contributed by atoms with van der Waals surface area (Å²) in [4.78, 5) is 12.3. The highest BCUT2D eigenvalue weighted by Crippen LogP contribution is 2.27. The molecule has 0 unspecified atom stereocenters. The van der Waals surface area contributed by atoms with Crippen LogP contribution in [0.5, 0.6) is 0 Å². The molecule has 37 heavy (non-hydrogen) atoms. The van der Waals surface area contributed by atoms with E-state index in [0.717, 1.165) is 23.9 Å². The van der Waals surface area contributed by atoms with E-state index >= 15 is 0 Å². The SMILES string of the molecule is C.CC(C)(C)c1ccc(C(C)(F)F)nc1.Cc1ccc(C(C)(C)C)cn1.Cc1ncccc1C(C)(C)C. The molecule has 0 amide bonds. The Labute approximate surface area is 225 Å². The average Bonchev–Trinajstić information content (AvgIpc) is 2.73. The third-order valence-corrected chi connectivity index (χ3v) is 5.67. The predicted molar refractivity (Wildman–Crippen MR) is 155 cm³/mol. The third-order valence-electron chi connectivity index (χ3n) is 5.67. The van der Waals surface area contributed by atoms with Crippen LogP contribution in [-0.4, -0.2) is 15.0 Å². The number of aryl methyl sites for hydroxylation is 2. The van der Waals surface area contributed by atoms with E-state index in [9.17, 15) is 8.78 Å². The van der Waals surface area contributed by atoms with Gasteiger partial charge in [0.05, 0.1) is 0 Å². The van der Waals surface area contributed by atoms with Gasteiger partial charge in [0, 0.05) is 36.9 Å². The van der Waals surface area contributed by atoms with Gasteiger partial charge in [-0.3, -0.25) is 15.0 Å². The fourth-order valence-electron chi connectivity index (χ4n) is 3.29. The average molecular weight is 514 g/mol. The predicted octanol–water partition coefficient (Wildman–Crippen LogP) is 9.50. The van der Waals surface area contributed by atoms with Crippen molar-refractivity contribution in [1.82, 2.24) is 15.0 Å². The first-order valence-electron chi connectivity index (χ1n) is 12.4. The number of pyridine rings is 3. The van der Waals surface area contributed by atoms with Crippen LogP contribution in [-0.2, 0) is 22.2 Å². The molecule has 0 saturated heterocycles. The van der Waals surface area contributed by atoms with Crippen molar-refractivity contribution in [2.75, 3.05) is 0 Å². The van der Waals surface area contributed by atoms with Crippen LogP contribution in [0.25, 0.3) is 0 Å². The Bertz CT molecular complexity index is 1030. The standard InChI is InChI=1S/C11H15F2N.2C10H15N.CH4/c1-10(2,3)8-5-6-9(14-7-8)11(4,12)13;1-8-5-6-9(7-11-8)10(2,3)4;1-8-9(10(2,3)4)6-5-7-11-8;/h5-7H,1-4H3;2*5-7H,1-4H3;1H4. The smallest absolute Gasteiger partial charge is 0.261 e. The molecule has 0 fully saturated rings. The summed E-state index contributed by atoms with van der Waals surface area (Å²) in [6.07, 6.45) is 5.31. The molecule has 0 aliphatic rings. The maximum absolute atomic E-state index is 12.8. The number of aromatic nitrogens is 3. The van der Waals surface area contributed by atoms with Crippen molar-refractivity contribution in [3.63, 3.8) is 0 Å². The molecule has 0 bridgehead atoms. The maximum atomic E-state index is 12.8. The van der Waals surface area contributed by atoms with E-state index in [1.165, 1.54) is 23.4 Å². The van der Waals surface area contributed by atoms with Crippen molar-refractivity contribution in [3.05, 3.63) is 88.8 Å². The van der Waals surface area contributed by atoms with Crippen molar-refractivity contribution in [2.24, 2.45) is 0 Å². The minimum Gasteiger partial charge on any atom is -0.261 e. The van der Waals surface area contributed by atoms with Crippen LogP contribution >= 0.6 is 0 Å².